The van der Waals surface area contributed by atoms with Crippen LogP contribution in [0.15, 0.2) is 38.7 Å². The topological polar surface area (TPSA) is 97.4 Å². The highest BCUT2D eigenvalue weighted by Crippen LogP contribution is 2.24. The van der Waals surface area contributed by atoms with Crippen molar-refractivity contribution >= 4 is 28.8 Å². The number of halogens is 1. The lowest BCUT2D eigenvalue weighted by Gasteiger charge is -2.14. The Balaban J connectivity index is 1.63. The summed E-state index contributed by atoms with van der Waals surface area (Å²) in [6, 6.07) is 5.71. The number of rotatable bonds is 5. The van der Waals surface area contributed by atoms with Gasteiger partial charge in [0.05, 0.1) is 18.0 Å². The number of thioether (sulfide) groups is 1. The molecule has 9 heteroatoms. The summed E-state index contributed by atoms with van der Waals surface area (Å²) >= 11 is 1.03. The van der Waals surface area contributed by atoms with E-state index in [1.165, 1.54) is 18.2 Å². The van der Waals surface area contributed by atoms with Crippen LogP contribution in [0.5, 0.6) is 5.75 Å². The van der Waals surface area contributed by atoms with E-state index in [0.29, 0.717) is 17.0 Å². The van der Waals surface area contributed by atoms with E-state index in [4.69, 9.17) is 4.42 Å². The number of para-hydroxylation sites is 1. The van der Waals surface area contributed by atoms with E-state index in [2.05, 4.69) is 10.3 Å². The van der Waals surface area contributed by atoms with Crippen molar-refractivity contribution < 1.29 is 18.7 Å². The molecule has 0 saturated carbocycles. The van der Waals surface area contributed by atoms with Crippen molar-refractivity contribution in [1.29, 1.82) is 0 Å². The highest BCUT2D eigenvalue weighted by Gasteiger charge is 2.14. The highest BCUT2D eigenvalue weighted by atomic mass is 32.2. The Hall–Kier alpha value is -2.81. The number of pyridine rings is 1. The van der Waals surface area contributed by atoms with E-state index in [1.54, 1.807) is 24.6 Å². The van der Waals surface area contributed by atoms with E-state index in [1.807, 2.05) is 0 Å². The summed E-state index contributed by atoms with van der Waals surface area (Å²) in [5.41, 5.74) is 0.924. The van der Waals surface area contributed by atoms with Crippen molar-refractivity contribution in [3.05, 3.63) is 51.7 Å². The molecule has 2 heterocycles. The Morgan fingerprint density at radius 2 is 2.23 bits per heavy atom. The van der Waals surface area contributed by atoms with Gasteiger partial charge in [0.1, 0.15) is 5.52 Å². The van der Waals surface area contributed by atoms with E-state index in [0.717, 1.165) is 11.8 Å². The normalized spacial score (nSPS) is 11.0. The number of aromatic nitrogens is 2. The summed E-state index contributed by atoms with van der Waals surface area (Å²) in [5.74, 6) is -1.22. The van der Waals surface area contributed by atoms with Crippen LogP contribution < -0.4 is 10.7 Å². The molecule has 1 aromatic carbocycles. The first-order chi connectivity index (χ1) is 12.4. The second-order valence-electron chi connectivity index (χ2n) is 5.64. The molecule has 0 aliphatic rings. The zero-order valence-corrected chi connectivity index (χ0v) is 14.9. The molecule has 0 saturated heterocycles. The van der Waals surface area contributed by atoms with E-state index < -0.39 is 11.2 Å². The van der Waals surface area contributed by atoms with Crippen LogP contribution in [0.2, 0.25) is 0 Å². The SMILES string of the molecule is Cc1cc(=O)c(O)c(CNC(=O)CSc2nc3c(F)cccc3o2)n1C. The molecule has 136 valence electrons. The van der Waals surface area contributed by atoms with E-state index in [9.17, 15) is 19.1 Å². The molecule has 0 bridgehead atoms. The molecule has 3 rings (SSSR count). The predicted molar refractivity (Wildman–Crippen MR) is 94.6 cm³/mol. The van der Waals surface area contributed by atoms with Crippen LogP contribution in [0, 0.1) is 12.7 Å². The maximum absolute atomic E-state index is 13.6. The van der Waals surface area contributed by atoms with Gasteiger partial charge in [-0.05, 0) is 19.1 Å². The van der Waals surface area contributed by atoms with Gasteiger partial charge in [-0.2, -0.15) is 0 Å². The standard InChI is InChI=1S/C17H16FN3O4S/c1-9-6-12(22)16(24)11(21(9)2)7-19-14(23)8-26-17-20-15-10(18)4-3-5-13(15)25-17/h3-6,24H,7-8H2,1-2H3,(H,19,23). The first kappa shape index (κ1) is 18.0. The van der Waals surface area contributed by atoms with Crippen LogP contribution in [0.1, 0.15) is 11.4 Å². The molecule has 0 unspecified atom stereocenters. The molecule has 0 aliphatic heterocycles. The first-order valence-corrected chi connectivity index (χ1v) is 8.68. The molecule has 0 fully saturated rings. The fraction of sp³-hybridized carbons (Fsp3) is 0.235. The van der Waals surface area contributed by atoms with Crippen molar-refractivity contribution in [2.24, 2.45) is 7.05 Å². The summed E-state index contributed by atoms with van der Waals surface area (Å²) in [6.45, 7) is 1.73. The number of aryl methyl sites for hydroxylation is 1. The van der Waals surface area contributed by atoms with Gasteiger partial charge in [0.25, 0.3) is 5.22 Å². The summed E-state index contributed by atoms with van der Waals surface area (Å²) in [6.07, 6.45) is 0. The molecule has 2 aromatic heterocycles. The number of nitrogens with one attached hydrogen (secondary N) is 1. The number of hydrogen-bond acceptors (Lipinski definition) is 6. The molecule has 3 aromatic rings. The highest BCUT2D eigenvalue weighted by molar-refractivity contribution is 7.99. The van der Waals surface area contributed by atoms with Gasteiger partial charge in [-0.15, -0.1) is 0 Å². The molecule has 0 aliphatic carbocycles. The van der Waals surface area contributed by atoms with Gasteiger partial charge < -0.3 is 19.4 Å². The van der Waals surface area contributed by atoms with Gasteiger partial charge in [0, 0.05) is 18.8 Å². The van der Waals surface area contributed by atoms with Crippen molar-refractivity contribution in [2.45, 2.75) is 18.7 Å². The minimum Gasteiger partial charge on any atom is -0.503 e. The summed E-state index contributed by atoms with van der Waals surface area (Å²) in [4.78, 5) is 27.7. The number of oxazole rings is 1. The molecule has 26 heavy (non-hydrogen) atoms. The maximum Gasteiger partial charge on any atom is 0.257 e. The zero-order valence-electron chi connectivity index (χ0n) is 14.1. The predicted octanol–water partition coefficient (Wildman–Crippen LogP) is 2.09. The van der Waals surface area contributed by atoms with Gasteiger partial charge in [-0.25, -0.2) is 9.37 Å². The Bertz CT molecular complexity index is 1040. The second-order valence-corrected chi connectivity index (χ2v) is 6.56. The summed E-state index contributed by atoms with van der Waals surface area (Å²) in [5, 5.41) is 12.7. The Morgan fingerprint density at radius 3 is 2.96 bits per heavy atom. The minimum atomic E-state index is -0.493. The monoisotopic (exact) mass is 377 g/mol. The number of benzene rings is 1. The minimum absolute atomic E-state index is 0.000827. The number of fused-ring (bicyclic) bond motifs is 1. The zero-order chi connectivity index (χ0) is 18.8. The number of hydrogen-bond donors (Lipinski definition) is 2. The van der Waals surface area contributed by atoms with Crippen molar-refractivity contribution in [1.82, 2.24) is 14.9 Å². The van der Waals surface area contributed by atoms with Gasteiger partial charge >= 0.3 is 0 Å². The maximum atomic E-state index is 13.6. The van der Waals surface area contributed by atoms with Crippen LogP contribution in [0.25, 0.3) is 11.1 Å². The average molecular weight is 377 g/mol. The van der Waals surface area contributed by atoms with Crippen LogP contribution >= 0.6 is 11.8 Å². The van der Waals surface area contributed by atoms with E-state index in [-0.39, 0.29) is 34.7 Å². The lowest BCUT2D eigenvalue weighted by molar-refractivity contribution is -0.118. The first-order valence-electron chi connectivity index (χ1n) is 7.70. The molecular weight excluding hydrogens is 361 g/mol. The third-order valence-electron chi connectivity index (χ3n) is 3.91. The third kappa shape index (κ3) is 3.57. The van der Waals surface area contributed by atoms with Crippen LogP contribution in [-0.4, -0.2) is 26.3 Å². The largest absolute Gasteiger partial charge is 0.503 e. The van der Waals surface area contributed by atoms with Crippen molar-refractivity contribution in [3.63, 3.8) is 0 Å². The number of aromatic hydroxyl groups is 1. The second kappa shape index (κ2) is 7.20. The fourth-order valence-electron chi connectivity index (χ4n) is 2.39. The molecule has 2 N–H and O–H groups in total. The van der Waals surface area contributed by atoms with Crippen LogP contribution in [0.4, 0.5) is 4.39 Å². The van der Waals surface area contributed by atoms with Gasteiger partial charge in [-0.1, -0.05) is 17.8 Å². The summed E-state index contributed by atoms with van der Waals surface area (Å²) < 4.78 is 20.6. The third-order valence-corrected chi connectivity index (χ3v) is 4.74. The number of amides is 1. The molecular formula is C17H16FN3O4S. The Kier molecular flexibility index (Phi) is 4.99. The van der Waals surface area contributed by atoms with Gasteiger partial charge in [0.15, 0.2) is 17.1 Å². The van der Waals surface area contributed by atoms with Crippen LogP contribution in [0.3, 0.4) is 0 Å². The summed E-state index contributed by atoms with van der Waals surface area (Å²) in [7, 11) is 1.69. The van der Waals surface area contributed by atoms with Gasteiger partial charge in [-0.3, -0.25) is 9.59 Å². The quantitative estimate of drug-likeness (QED) is 0.661. The van der Waals surface area contributed by atoms with Gasteiger partial charge in [0.2, 0.25) is 11.3 Å². The fourth-order valence-corrected chi connectivity index (χ4v) is 3.05. The Morgan fingerprint density at radius 1 is 1.46 bits per heavy atom. The number of carbonyl (C=O) groups excluding carboxylic acids is 1. The van der Waals surface area contributed by atoms with Crippen LogP contribution in [-0.2, 0) is 18.4 Å². The number of nitrogens with zero attached hydrogens (tertiary/aromatic N) is 2. The Labute approximate surface area is 151 Å². The lowest BCUT2D eigenvalue weighted by Crippen LogP contribution is -2.27. The molecule has 0 radical (unpaired) electrons. The van der Waals surface area contributed by atoms with Crippen molar-refractivity contribution in [3.8, 4) is 5.75 Å². The lowest BCUT2D eigenvalue weighted by atomic mass is 10.2. The average Bonchev–Trinajstić information content (AvgIpc) is 3.03. The van der Waals surface area contributed by atoms with Crippen molar-refractivity contribution in [2.75, 3.05) is 5.75 Å². The molecule has 0 atom stereocenters. The molecule has 1 amide bonds. The number of carbonyl (C=O) groups is 1. The molecule has 0 spiro atoms. The molecule has 7 nitrogen and oxygen atoms in total. The smallest absolute Gasteiger partial charge is 0.257 e. The van der Waals surface area contributed by atoms with E-state index >= 15 is 0 Å².